The molecule has 0 bridgehead atoms. The fourth-order valence-corrected chi connectivity index (χ4v) is 4.33. The molecule has 0 radical (unpaired) electrons. The van der Waals surface area contributed by atoms with Crippen LogP contribution in [0.5, 0.6) is 0 Å². The van der Waals surface area contributed by atoms with E-state index >= 15 is 0 Å². The number of carboxylic acid groups (broad SMARTS) is 1. The molecule has 1 amide bonds. The molecule has 0 aromatic carbocycles. The van der Waals surface area contributed by atoms with Crippen LogP contribution in [0, 0.1) is 0 Å². The van der Waals surface area contributed by atoms with Crippen LogP contribution in [-0.2, 0) is 14.3 Å². The molecule has 9 heteroatoms. The van der Waals surface area contributed by atoms with E-state index in [2.05, 4.69) is 14.9 Å². The molecule has 2 saturated heterocycles. The van der Waals surface area contributed by atoms with Crippen molar-refractivity contribution < 1.29 is 19.4 Å². The quantitative estimate of drug-likeness (QED) is 0.700. The summed E-state index contributed by atoms with van der Waals surface area (Å²) in [7, 11) is 0. The average Bonchev–Trinajstić information content (AvgIpc) is 2.84. The number of carbonyl (C=O) groups is 2. The highest BCUT2D eigenvalue weighted by Gasteiger charge is 2.29. The van der Waals surface area contributed by atoms with Gasteiger partial charge in [-0.3, -0.25) is 14.6 Å². The third kappa shape index (κ3) is 5.40. The van der Waals surface area contributed by atoms with Gasteiger partial charge in [-0.1, -0.05) is 6.07 Å². The zero-order chi connectivity index (χ0) is 22.3. The number of hydrogen-bond acceptors (Lipinski definition) is 7. The Bertz CT molecular complexity index is 933. The van der Waals surface area contributed by atoms with Crippen LogP contribution >= 0.6 is 0 Å². The van der Waals surface area contributed by atoms with Crippen molar-refractivity contribution in [3.63, 3.8) is 0 Å². The molecule has 4 rings (SSSR count). The van der Waals surface area contributed by atoms with Gasteiger partial charge in [-0.05, 0) is 25.3 Å². The Balaban J connectivity index is 1.58. The van der Waals surface area contributed by atoms with Crippen LogP contribution in [0.15, 0.2) is 30.7 Å². The summed E-state index contributed by atoms with van der Waals surface area (Å²) in [6.07, 6.45) is 7.89. The maximum atomic E-state index is 12.7. The number of aromatic nitrogens is 3. The molecule has 9 nitrogen and oxygen atoms in total. The minimum absolute atomic E-state index is 0.0151. The molecule has 0 spiro atoms. The fourth-order valence-electron chi connectivity index (χ4n) is 4.33. The Labute approximate surface area is 187 Å². The highest BCUT2D eigenvalue weighted by molar-refractivity contribution is 5.77. The van der Waals surface area contributed by atoms with Crippen molar-refractivity contribution in [2.45, 2.75) is 38.0 Å². The van der Waals surface area contributed by atoms with Crippen LogP contribution in [0.4, 0.5) is 5.95 Å². The largest absolute Gasteiger partial charge is 0.481 e. The summed E-state index contributed by atoms with van der Waals surface area (Å²) in [4.78, 5) is 41.4. The molecule has 0 aliphatic carbocycles. The van der Waals surface area contributed by atoms with Gasteiger partial charge in [0.1, 0.15) is 0 Å². The minimum Gasteiger partial charge on any atom is -0.481 e. The predicted molar refractivity (Wildman–Crippen MR) is 118 cm³/mol. The van der Waals surface area contributed by atoms with Crippen LogP contribution in [-0.4, -0.2) is 76.2 Å². The van der Waals surface area contributed by atoms with Gasteiger partial charge in [0.2, 0.25) is 11.9 Å². The van der Waals surface area contributed by atoms with Gasteiger partial charge < -0.3 is 19.6 Å². The summed E-state index contributed by atoms with van der Waals surface area (Å²) in [5, 5.41) is 8.84. The molecule has 2 aromatic rings. The van der Waals surface area contributed by atoms with E-state index in [-0.39, 0.29) is 24.7 Å². The number of anilines is 1. The first kappa shape index (κ1) is 22.1. The van der Waals surface area contributed by atoms with Gasteiger partial charge in [0.15, 0.2) is 0 Å². The van der Waals surface area contributed by atoms with Gasteiger partial charge in [0, 0.05) is 74.7 Å². The third-order valence-electron chi connectivity index (χ3n) is 6.01. The Morgan fingerprint density at radius 1 is 1.16 bits per heavy atom. The standard InChI is InChI=1S/C23H29N5O4/c29-20(6-1-7-21(30)31)28-9-3-5-18(16-28)22-19(17-4-2-8-24-14-17)15-25-23(26-22)27-10-12-32-13-11-27/h2,4,8,14-15,18H,1,3,5-7,9-13,16H2,(H,30,31). The number of nitrogens with zero attached hydrogens (tertiary/aromatic N) is 5. The van der Waals surface area contributed by atoms with E-state index in [1.54, 1.807) is 6.20 Å². The monoisotopic (exact) mass is 439 g/mol. The van der Waals surface area contributed by atoms with Gasteiger partial charge in [-0.15, -0.1) is 0 Å². The molecule has 1 atom stereocenters. The first-order valence-corrected chi connectivity index (χ1v) is 11.2. The predicted octanol–water partition coefficient (Wildman–Crippen LogP) is 2.34. The van der Waals surface area contributed by atoms with E-state index in [9.17, 15) is 9.59 Å². The molecule has 2 fully saturated rings. The van der Waals surface area contributed by atoms with Crippen LogP contribution in [0.3, 0.4) is 0 Å². The number of ether oxygens (including phenoxy) is 1. The molecule has 170 valence electrons. The van der Waals surface area contributed by atoms with Gasteiger partial charge in [-0.25, -0.2) is 9.97 Å². The molecule has 2 aliphatic rings. The van der Waals surface area contributed by atoms with Crippen molar-refractivity contribution in [1.82, 2.24) is 19.9 Å². The van der Waals surface area contributed by atoms with Crippen LogP contribution < -0.4 is 4.90 Å². The van der Waals surface area contributed by atoms with Gasteiger partial charge in [0.25, 0.3) is 0 Å². The maximum Gasteiger partial charge on any atom is 0.303 e. The Morgan fingerprint density at radius 3 is 2.75 bits per heavy atom. The molecule has 0 saturated carbocycles. The van der Waals surface area contributed by atoms with E-state index in [0.717, 1.165) is 42.8 Å². The third-order valence-corrected chi connectivity index (χ3v) is 6.01. The molecule has 1 unspecified atom stereocenters. The number of likely N-dealkylation sites (tertiary alicyclic amines) is 1. The SMILES string of the molecule is O=C(O)CCCC(=O)N1CCCC(c2nc(N3CCOCC3)ncc2-c2cccnc2)C1. The topological polar surface area (TPSA) is 109 Å². The Kier molecular flexibility index (Phi) is 7.26. The molecule has 2 aliphatic heterocycles. The lowest BCUT2D eigenvalue weighted by molar-refractivity contribution is -0.137. The lowest BCUT2D eigenvalue weighted by Gasteiger charge is -2.34. The lowest BCUT2D eigenvalue weighted by atomic mass is 9.90. The molecular formula is C23H29N5O4. The number of pyridine rings is 1. The first-order valence-electron chi connectivity index (χ1n) is 11.2. The van der Waals surface area contributed by atoms with Crippen molar-refractivity contribution >= 4 is 17.8 Å². The number of rotatable bonds is 7. The second-order valence-corrected chi connectivity index (χ2v) is 8.24. The number of aliphatic carboxylic acids is 1. The average molecular weight is 440 g/mol. The van der Waals surface area contributed by atoms with E-state index in [1.165, 1.54) is 0 Å². The molecule has 1 N–H and O–H groups in total. The van der Waals surface area contributed by atoms with Crippen LogP contribution in [0.25, 0.3) is 11.1 Å². The molecule has 2 aromatic heterocycles. The Hall–Kier alpha value is -3.07. The number of morpholine rings is 1. The summed E-state index contributed by atoms with van der Waals surface area (Å²) >= 11 is 0. The lowest BCUT2D eigenvalue weighted by Crippen LogP contribution is -2.40. The molecule has 4 heterocycles. The van der Waals surface area contributed by atoms with E-state index in [1.807, 2.05) is 29.4 Å². The zero-order valence-electron chi connectivity index (χ0n) is 18.2. The van der Waals surface area contributed by atoms with E-state index in [4.69, 9.17) is 14.8 Å². The fraction of sp³-hybridized carbons (Fsp3) is 0.522. The van der Waals surface area contributed by atoms with Crippen molar-refractivity contribution in [3.05, 3.63) is 36.4 Å². The second-order valence-electron chi connectivity index (χ2n) is 8.24. The summed E-state index contributed by atoms with van der Waals surface area (Å²) in [6.45, 7) is 4.11. The minimum atomic E-state index is -0.868. The highest BCUT2D eigenvalue weighted by atomic mass is 16.5. The zero-order valence-corrected chi connectivity index (χ0v) is 18.2. The maximum absolute atomic E-state index is 12.7. The van der Waals surface area contributed by atoms with Crippen molar-refractivity contribution in [2.24, 2.45) is 0 Å². The van der Waals surface area contributed by atoms with Gasteiger partial charge in [-0.2, -0.15) is 0 Å². The van der Waals surface area contributed by atoms with Crippen molar-refractivity contribution in [1.29, 1.82) is 0 Å². The summed E-state index contributed by atoms with van der Waals surface area (Å²) in [5.41, 5.74) is 2.85. The van der Waals surface area contributed by atoms with E-state index in [0.29, 0.717) is 38.7 Å². The summed E-state index contributed by atoms with van der Waals surface area (Å²) in [5.74, 6) is -0.0700. The number of piperidine rings is 1. The number of hydrogen-bond donors (Lipinski definition) is 1. The van der Waals surface area contributed by atoms with Crippen molar-refractivity contribution in [3.8, 4) is 11.1 Å². The Morgan fingerprint density at radius 2 is 2.00 bits per heavy atom. The van der Waals surface area contributed by atoms with Crippen molar-refractivity contribution in [2.75, 3.05) is 44.3 Å². The molecular weight excluding hydrogens is 410 g/mol. The number of carbonyl (C=O) groups excluding carboxylic acids is 1. The van der Waals surface area contributed by atoms with Crippen LogP contribution in [0.2, 0.25) is 0 Å². The smallest absolute Gasteiger partial charge is 0.303 e. The highest BCUT2D eigenvalue weighted by Crippen LogP contribution is 2.34. The van der Waals surface area contributed by atoms with Gasteiger partial charge in [0.05, 0.1) is 18.9 Å². The second kappa shape index (κ2) is 10.5. The van der Waals surface area contributed by atoms with E-state index < -0.39 is 5.97 Å². The number of amides is 1. The number of carboxylic acids is 1. The normalized spacial score (nSPS) is 19.1. The van der Waals surface area contributed by atoms with Crippen LogP contribution in [0.1, 0.15) is 43.7 Å². The summed E-state index contributed by atoms with van der Waals surface area (Å²) in [6, 6.07) is 3.90. The van der Waals surface area contributed by atoms with Gasteiger partial charge >= 0.3 is 5.97 Å². The summed E-state index contributed by atoms with van der Waals surface area (Å²) < 4.78 is 5.46. The first-order chi connectivity index (χ1) is 15.6. The molecule has 32 heavy (non-hydrogen) atoms.